The average molecular weight is 399 g/mol. The van der Waals surface area contributed by atoms with Crippen LogP contribution in [0.3, 0.4) is 0 Å². The van der Waals surface area contributed by atoms with E-state index >= 15 is 0 Å². The lowest BCUT2D eigenvalue weighted by atomic mass is 9.96. The maximum absolute atomic E-state index is 12.0. The number of phenolic OH excluding ortho intramolecular Hbond substituents is 1. The van der Waals surface area contributed by atoms with E-state index in [0.717, 1.165) is 18.8 Å². The van der Waals surface area contributed by atoms with Crippen LogP contribution in [0.1, 0.15) is 80.8 Å². The molecule has 2 aromatic carbocycles. The first kappa shape index (κ1) is 23.0. The van der Waals surface area contributed by atoms with E-state index in [9.17, 15) is 9.90 Å². The molecule has 1 aliphatic heterocycles. The van der Waals surface area contributed by atoms with Crippen molar-refractivity contribution in [2.45, 2.75) is 64.9 Å². The second-order valence-corrected chi connectivity index (χ2v) is 7.35. The Balaban J connectivity index is 0.000000237. The van der Waals surface area contributed by atoms with Crippen molar-refractivity contribution in [3.8, 4) is 11.5 Å². The number of ketones is 1. The number of unbranched alkanes of at least 4 members (excludes halogenated alkanes) is 4. The highest BCUT2D eigenvalue weighted by Gasteiger charge is 2.27. The number of ether oxygens (including phenoxy) is 2. The van der Waals surface area contributed by atoms with Crippen molar-refractivity contribution in [3.63, 3.8) is 0 Å². The second-order valence-electron chi connectivity index (χ2n) is 7.35. The van der Waals surface area contributed by atoms with E-state index in [-0.39, 0.29) is 17.6 Å². The van der Waals surface area contributed by atoms with E-state index in [2.05, 4.69) is 13.8 Å². The van der Waals surface area contributed by atoms with Crippen LogP contribution in [0.2, 0.25) is 0 Å². The molecule has 0 saturated heterocycles. The van der Waals surface area contributed by atoms with Crippen molar-refractivity contribution < 1.29 is 19.4 Å². The van der Waals surface area contributed by atoms with E-state index < -0.39 is 0 Å². The van der Waals surface area contributed by atoms with Gasteiger partial charge in [0.15, 0.2) is 5.78 Å². The van der Waals surface area contributed by atoms with E-state index in [0.29, 0.717) is 17.7 Å². The van der Waals surface area contributed by atoms with Gasteiger partial charge in [-0.25, -0.2) is 0 Å². The predicted octanol–water partition coefficient (Wildman–Crippen LogP) is 6.48. The van der Waals surface area contributed by atoms with Crippen LogP contribution < -0.4 is 4.74 Å². The maximum Gasteiger partial charge on any atom is 0.170 e. The second kappa shape index (κ2) is 13.0. The minimum absolute atomic E-state index is 0.0464. The number of benzene rings is 2. The number of hydrogen-bond acceptors (Lipinski definition) is 4. The Morgan fingerprint density at radius 2 is 1.62 bits per heavy atom. The number of phenols is 1. The summed E-state index contributed by atoms with van der Waals surface area (Å²) in [4.78, 5) is 12.0. The topological polar surface area (TPSA) is 55.8 Å². The fraction of sp³-hybridized carbons (Fsp3) is 0.480. The average Bonchev–Trinajstić information content (AvgIpc) is 2.74. The minimum atomic E-state index is -0.270. The van der Waals surface area contributed by atoms with Crippen LogP contribution >= 0.6 is 0 Å². The van der Waals surface area contributed by atoms with Gasteiger partial charge in [0, 0.05) is 19.3 Å². The van der Waals surface area contributed by atoms with Gasteiger partial charge in [-0.3, -0.25) is 4.79 Å². The van der Waals surface area contributed by atoms with Crippen molar-refractivity contribution in [1.82, 2.24) is 0 Å². The molecule has 0 saturated carbocycles. The number of fused-ring (bicyclic) bond motifs is 1. The molecule has 158 valence electrons. The Kier molecular flexibility index (Phi) is 10.3. The molecule has 1 heterocycles. The third-order valence-electron chi connectivity index (χ3n) is 4.86. The van der Waals surface area contributed by atoms with Gasteiger partial charge in [-0.1, -0.05) is 69.9 Å². The molecular formula is C25H34O4. The molecule has 0 spiro atoms. The molecule has 3 rings (SSSR count). The molecule has 0 aliphatic carbocycles. The quantitative estimate of drug-likeness (QED) is 0.491. The molecule has 0 radical (unpaired) electrons. The highest BCUT2D eigenvalue weighted by molar-refractivity contribution is 6.00. The predicted molar refractivity (Wildman–Crippen MR) is 117 cm³/mol. The SMILES string of the molecule is CCCCCOCCCCC.O=C1CC(c2ccccc2)Oc2cc(O)ccc21. The van der Waals surface area contributed by atoms with Crippen LogP contribution in [-0.4, -0.2) is 24.1 Å². The van der Waals surface area contributed by atoms with E-state index in [1.165, 1.54) is 50.7 Å². The minimum Gasteiger partial charge on any atom is -0.508 e. The highest BCUT2D eigenvalue weighted by atomic mass is 16.5. The number of carbonyl (C=O) groups is 1. The van der Waals surface area contributed by atoms with Crippen molar-refractivity contribution in [3.05, 3.63) is 59.7 Å². The molecule has 0 fully saturated rings. The molecule has 1 atom stereocenters. The first-order valence-corrected chi connectivity index (χ1v) is 10.8. The maximum atomic E-state index is 12.0. The summed E-state index contributed by atoms with van der Waals surface area (Å²) in [6.07, 6.45) is 7.75. The first-order chi connectivity index (χ1) is 14.2. The number of carbonyl (C=O) groups excluding carboxylic acids is 1. The van der Waals surface area contributed by atoms with Crippen LogP contribution in [0, 0.1) is 0 Å². The summed E-state index contributed by atoms with van der Waals surface area (Å²) in [6.45, 7) is 6.38. The largest absolute Gasteiger partial charge is 0.508 e. The summed E-state index contributed by atoms with van der Waals surface area (Å²) < 4.78 is 11.2. The zero-order valence-electron chi connectivity index (χ0n) is 17.7. The fourth-order valence-corrected chi connectivity index (χ4v) is 3.18. The van der Waals surface area contributed by atoms with Crippen LogP contribution in [0.25, 0.3) is 0 Å². The van der Waals surface area contributed by atoms with E-state index in [1.807, 2.05) is 30.3 Å². The molecular weight excluding hydrogens is 364 g/mol. The number of Topliss-reactive ketones (excluding diaryl/α,β-unsaturated/α-hetero) is 1. The molecule has 0 amide bonds. The van der Waals surface area contributed by atoms with Gasteiger partial charge < -0.3 is 14.6 Å². The Morgan fingerprint density at radius 3 is 2.24 bits per heavy atom. The summed E-state index contributed by atoms with van der Waals surface area (Å²) in [5.41, 5.74) is 1.51. The highest BCUT2D eigenvalue weighted by Crippen LogP contribution is 2.36. The van der Waals surface area contributed by atoms with Gasteiger partial charge in [0.2, 0.25) is 0 Å². The molecule has 1 aliphatic rings. The summed E-state index contributed by atoms with van der Waals surface area (Å²) in [5, 5.41) is 9.44. The number of aromatic hydroxyl groups is 1. The molecule has 2 aromatic rings. The summed E-state index contributed by atoms with van der Waals surface area (Å²) in [7, 11) is 0. The summed E-state index contributed by atoms with van der Waals surface area (Å²) in [6, 6.07) is 14.2. The third-order valence-corrected chi connectivity index (χ3v) is 4.86. The Bertz CT molecular complexity index is 719. The van der Waals surface area contributed by atoms with Crippen LogP contribution in [0.4, 0.5) is 0 Å². The Morgan fingerprint density at radius 1 is 0.966 bits per heavy atom. The lowest BCUT2D eigenvalue weighted by Crippen LogP contribution is -2.20. The molecule has 0 aromatic heterocycles. The van der Waals surface area contributed by atoms with Crippen molar-refractivity contribution >= 4 is 5.78 Å². The molecule has 4 heteroatoms. The normalized spacial score (nSPS) is 15.1. The van der Waals surface area contributed by atoms with Crippen molar-refractivity contribution in [2.75, 3.05) is 13.2 Å². The smallest absolute Gasteiger partial charge is 0.170 e. The third kappa shape index (κ3) is 7.90. The summed E-state index contributed by atoms with van der Waals surface area (Å²) >= 11 is 0. The summed E-state index contributed by atoms with van der Waals surface area (Å²) in [5.74, 6) is 0.612. The standard InChI is InChI=1S/C15H12O3.C10H22O/c16-11-6-7-12-13(17)9-14(18-15(12)8-11)10-4-2-1-3-5-10;1-3-5-7-9-11-10-8-6-4-2/h1-8,14,16H,9H2;3-10H2,1-2H3. The van der Waals surface area contributed by atoms with Crippen molar-refractivity contribution in [2.24, 2.45) is 0 Å². The fourth-order valence-electron chi connectivity index (χ4n) is 3.18. The van der Waals surface area contributed by atoms with Gasteiger partial charge in [0.05, 0.1) is 12.0 Å². The van der Waals surface area contributed by atoms with Crippen molar-refractivity contribution in [1.29, 1.82) is 0 Å². The van der Waals surface area contributed by atoms with Gasteiger partial charge in [-0.2, -0.15) is 0 Å². The monoisotopic (exact) mass is 398 g/mol. The first-order valence-electron chi connectivity index (χ1n) is 10.8. The van der Waals surface area contributed by atoms with Crippen LogP contribution in [-0.2, 0) is 4.74 Å². The molecule has 1 N–H and O–H groups in total. The zero-order chi connectivity index (χ0) is 20.9. The molecule has 29 heavy (non-hydrogen) atoms. The Labute approximate surface area is 174 Å². The molecule has 1 unspecified atom stereocenters. The molecule has 0 bridgehead atoms. The van der Waals surface area contributed by atoms with Crippen LogP contribution in [0.15, 0.2) is 48.5 Å². The van der Waals surface area contributed by atoms with Gasteiger partial charge in [0.25, 0.3) is 0 Å². The van der Waals surface area contributed by atoms with Gasteiger partial charge in [0.1, 0.15) is 17.6 Å². The number of hydrogen-bond donors (Lipinski definition) is 1. The van der Waals surface area contributed by atoms with Gasteiger partial charge >= 0.3 is 0 Å². The van der Waals surface area contributed by atoms with E-state index in [1.54, 1.807) is 6.07 Å². The molecule has 4 nitrogen and oxygen atoms in total. The lowest BCUT2D eigenvalue weighted by Gasteiger charge is -2.25. The van der Waals surface area contributed by atoms with E-state index in [4.69, 9.17) is 9.47 Å². The Hall–Kier alpha value is -2.33. The van der Waals surface area contributed by atoms with Gasteiger partial charge in [-0.15, -0.1) is 0 Å². The zero-order valence-corrected chi connectivity index (χ0v) is 17.7. The van der Waals surface area contributed by atoms with Gasteiger partial charge in [-0.05, 0) is 30.5 Å². The lowest BCUT2D eigenvalue weighted by molar-refractivity contribution is 0.0849. The number of rotatable bonds is 9. The van der Waals surface area contributed by atoms with Crippen LogP contribution in [0.5, 0.6) is 11.5 Å².